The third-order valence-electron chi connectivity index (χ3n) is 1.47. The maximum absolute atomic E-state index is 5.27. The number of rotatable bonds is 10. The zero-order chi connectivity index (χ0) is 12.9. The van der Waals surface area contributed by atoms with Crippen molar-refractivity contribution >= 4 is 0 Å². The summed E-state index contributed by atoms with van der Waals surface area (Å²) in [5.74, 6) is 0. The summed E-state index contributed by atoms with van der Waals surface area (Å²) in [4.78, 5) is 0. The second-order valence-corrected chi connectivity index (χ2v) is 3.82. The Labute approximate surface area is 104 Å². The van der Waals surface area contributed by atoms with E-state index in [0.29, 0.717) is 26.4 Å². The Morgan fingerprint density at radius 2 is 1.29 bits per heavy atom. The first-order valence-electron chi connectivity index (χ1n) is 5.52. The minimum Gasteiger partial charge on any atom is -0.497 e. The number of hydrogen-bond acceptors (Lipinski definition) is 3. The maximum atomic E-state index is 5.27. The third-order valence-corrected chi connectivity index (χ3v) is 1.47. The molecule has 3 nitrogen and oxygen atoms in total. The van der Waals surface area contributed by atoms with Crippen LogP contribution in [0.1, 0.15) is 13.8 Å². The van der Waals surface area contributed by atoms with E-state index in [-0.39, 0.29) is 0 Å². The maximum Gasteiger partial charge on any atom is 0.108 e. The molecule has 0 amide bonds. The summed E-state index contributed by atoms with van der Waals surface area (Å²) in [7, 11) is 0. The molecule has 0 spiro atoms. The van der Waals surface area contributed by atoms with Gasteiger partial charge in [0.1, 0.15) is 13.2 Å². The Balaban J connectivity index is 3.28. The van der Waals surface area contributed by atoms with Crippen LogP contribution in [0.2, 0.25) is 0 Å². The van der Waals surface area contributed by atoms with E-state index in [1.165, 1.54) is 0 Å². The lowest BCUT2D eigenvalue weighted by Crippen LogP contribution is -1.93. The summed E-state index contributed by atoms with van der Waals surface area (Å²) < 4.78 is 15.6. The minimum absolute atomic E-state index is 0.515. The van der Waals surface area contributed by atoms with Gasteiger partial charge in [-0.3, -0.25) is 0 Å². The van der Waals surface area contributed by atoms with E-state index in [1.807, 2.05) is 26.0 Å². The molecule has 0 aromatic rings. The van der Waals surface area contributed by atoms with Crippen LogP contribution in [0.15, 0.2) is 49.0 Å². The van der Waals surface area contributed by atoms with Gasteiger partial charge in [-0.25, -0.2) is 0 Å². The highest BCUT2D eigenvalue weighted by Gasteiger charge is 1.83. The molecule has 17 heavy (non-hydrogen) atoms. The predicted octanol–water partition coefficient (Wildman–Crippen LogP) is 3.22. The summed E-state index contributed by atoms with van der Waals surface area (Å²) in [6, 6.07) is 0. The van der Waals surface area contributed by atoms with Gasteiger partial charge in [0.15, 0.2) is 0 Å². The highest BCUT2D eigenvalue weighted by atomic mass is 16.5. The lowest BCUT2D eigenvalue weighted by atomic mass is 10.4. The van der Waals surface area contributed by atoms with Crippen LogP contribution >= 0.6 is 0 Å². The van der Waals surface area contributed by atoms with Crippen molar-refractivity contribution in [1.29, 1.82) is 0 Å². The molecule has 0 aliphatic rings. The van der Waals surface area contributed by atoms with Crippen LogP contribution in [0.25, 0.3) is 0 Å². The normalized spacial score (nSPS) is 10.9. The van der Waals surface area contributed by atoms with Gasteiger partial charge in [0.05, 0.1) is 25.7 Å². The van der Waals surface area contributed by atoms with Gasteiger partial charge in [-0.1, -0.05) is 13.2 Å². The zero-order valence-corrected chi connectivity index (χ0v) is 10.8. The molecule has 0 fully saturated rings. The van der Waals surface area contributed by atoms with E-state index in [1.54, 1.807) is 12.5 Å². The van der Waals surface area contributed by atoms with Crippen LogP contribution < -0.4 is 0 Å². The standard InChI is InChI=1S/C14H22O3/c1-13(2)11-16-9-5-7-15-8-6-10-17-12-14(3)4/h5-6,9-10H,1,3,7-8,11-12H2,2,4H3/b9-5+,10-6+. The van der Waals surface area contributed by atoms with Crippen molar-refractivity contribution in [3.05, 3.63) is 49.0 Å². The first-order chi connectivity index (χ1) is 8.13. The second kappa shape index (κ2) is 11.0. The van der Waals surface area contributed by atoms with Crippen molar-refractivity contribution in [2.75, 3.05) is 26.4 Å². The van der Waals surface area contributed by atoms with E-state index < -0.39 is 0 Å². The molecule has 0 aliphatic heterocycles. The third kappa shape index (κ3) is 14.5. The summed E-state index contributed by atoms with van der Waals surface area (Å²) in [5.41, 5.74) is 1.99. The Kier molecular flexibility index (Phi) is 10.1. The molecule has 0 unspecified atom stereocenters. The van der Waals surface area contributed by atoms with Crippen LogP contribution in [-0.2, 0) is 14.2 Å². The fraction of sp³-hybridized carbons (Fsp3) is 0.429. The predicted molar refractivity (Wildman–Crippen MR) is 70.6 cm³/mol. The summed E-state index contributed by atoms with van der Waals surface area (Å²) in [6.45, 7) is 13.4. The second-order valence-electron chi connectivity index (χ2n) is 3.82. The molecule has 0 aromatic carbocycles. The fourth-order valence-electron chi connectivity index (χ4n) is 0.800. The molecule has 0 atom stereocenters. The summed E-state index contributed by atoms with van der Waals surface area (Å²) >= 11 is 0. The van der Waals surface area contributed by atoms with E-state index in [0.717, 1.165) is 11.1 Å². The largest absolute Gasteiger partial charge is 0.497 e. The molecule has 96 valence electrons. The lowest BCUT2D eigenvalue weighted by Gasteiger charge is -1.99. The van der Waals surface area contributed by atoms with Gasteiger partial charge in [-0.15, -0.1) is 0 Å². The molecule has 0 aliphatic carbocycles. The van der Waals surface area contributed by atoms with E-state index in [4.69, 9.17) is 14.2 Å². The summed E-state index contributed by atoms with van der Waals surface area (Å²) in [6.07, 6.45) is 6.86. The molecule has 0 N–H and O–H groups in total. The van der Waals surface area contributed by atoms with Gasteiger partial charge in [0, 0.05) is 0 Å². The fourth-order valence-corrected chi connectivity index (χ4v) is 0.800. The lowest BCUT2D eigenvalue weighted by molar-refractivity contribution is 0.185. The molecule has 0 aromatic heterocycles. The molecular formula is C14H22O3. The average molecular weight is 238 g/mol. The first-order valence-corrected chi connectivity index (χ1v) is 5.52. The van der Waals surface area contributed by atoms with Gasteiger partial charge >= 0.3 is 0 Å². The van der Waals surface area contributed by atoms with E-state index >= 15 is 0 Å². The SMILES string of the molecule is C=C(C)CO/C=C/COC/C=C/OCC(=C)C. The molecule has 0 bridgehead atoms. The molecule has 0 radical (unpaired) electrons. The number of ether oxygens (including phenoxy) is 3. The van der Waals surface area contributed by atoms with Gasteiger partial charge < -0.3 is 14.2 Å². The van der Waals surface area contributed by atoms with E-state index in [2.05, 4.69) is 13.2 Å². The van der Waals surface area contributed by atoms with Crippen molar-refractivity contribution in [2.45, 2.75) is 13.8 Å². The highest BCUT2D eigenvalue weighted by Crippen LogP contribution is 1.90. The van der Waals surface area contributed by atoms with Crippen molar-refractivity contribution in [3.63, 3.8) is 0 Å². The molecule has 0 saturated heterocycles. The smallest absolute Gasteiger partial charge is 0.108 e. The van der Waals surface area contributed by atoms with Gasteiger partial charge in [-0.05, 0) is 37.1 Å². The Bertz CT molecular complexity index is 249. The molecule has 0 rings (SSSR count). The Morgan fingerprint density at radius 1 is 0.882 bits per heavy atom. The number of hydrogen-bond donors (Lipinski definition) is 0. The zero-order valence-electron chi connectivity index (χ0n) is 10.8. The van der Waals surface area contributed by atoms with Gasteiger partial charge in [0.25, 0.3) is 0 Å². The van der Waals surface area contributed by atoms with Crippen LogP contribution in [0.3, 0.4) is 0 Å². The van der Waals surface area contributed by atoms with Crippen molar-refractivity contribution in [1.82, 2.24) is 0 Å². The van der Waals surface area contributed by atoms with Crippen molar-refractivity contribution < 1.29 is 14.2 Å². The van der Waals surface area contributed by atoms with Crippen LogP contribution in [0, 0.1) is 0 Å². The molecule has 3 heteroatoms. The average Bonchev–Trinajstić information content (AvgIpc) is 2.25. The van der Waals surface area contributed by atoms with Gasteiger partial charge in [-0.2, -0.15) is 0 Å². The van der Waals surface area contributed by atoms with Crippen LogP contribution in [0.5, 0.6) is 0 Å². The topological polar surface area (TPSA) is 27.7 Å². The monoisotopic (exact) mass is 238 g/mol. The van der Waals surface area contributed by atoms with E-state index in [9.17, 15) is 0 Å². The van der Waals surface area contributed by atoms with Gasteiger partial charge in [0.2, 0.25) is 0 Å². The minimum atomic E-state index is 0.515. The Hall–Kier alpha value is -1.48. The van der Waals surface area contributed by atoms with Crippen LogP contribution in [0.4, 0.5) is 0 Å². The Morgan fingerprint density at radius 3 is 1.65 bits per heavy atom. The van der Waals surface area contributed by atoms with Crippen LogP contribution in [-0.4, -0.2) is 26.4 Å². The van der Waals surface area contributed by atoms with Crippen molar-refractivity contribution in [2.24, 2.45) is 0 Å². The molecule has 0 saturated carbocycles. The summed E-state index contributed by atoms with van der Waals surface area (Å²) in [5, 5.41) is 0. The first kappa shape index (κ1) is 15.5. The van der Waals surface area contributed by atoms with Crippen molar-refractivity contribution in [3.8, 4) is 0 Å². The quantitative estimate of drug-likeness (QED) is 0.332. The molecular weight excluding hydrogens is 216 g/mol. The molecule has 0 heterocycles. The highest BCUT2D eigenvalue weighted by molar-refractivity contribution is 4.89.